The molecule has 1 amide bonds. The van der Waals surface area contributed by atoms with Crippen LogP contribution in [0.4, 0.5) is 5.69 Å². The van der Waals surface area contributed by atoms with Crippen LogP contribution in [0.25, 0.3) is 0 Å². The normalized spacial score (nSPS) is 10.5. The SMILES string of the molecule is CCOC(=O)c1ccc(NC(=O)CSc2c(C)c(C)cc(C)c2C)cc1. The number of hydrogen-bond acceptors (Lipinski definition) is 4. The van der Waals surface area contributed by atoms with Crippen molar-refractivity contribution < 1.29 is 14.3 Å². The Labute approximate surface area is 159 Å². The summed E-state index contributed by atoms with van der Waals surface area (Å²) in [5.41, 5.74) is 6.07. The van der Waals surface area contributed by atoms with Crippen LogP contribution in [-0.2, 0) is 9.53 Å². The molecule has 0 fully saturated rings. The highest BCUT2D eigenvalue weighted by Crippen LogP contribution is 2.30. The Hall–Kier alpha value is -2.27. The largest absolute Gasteiger partial charge is 0.462 e. The maximum absolute atomic E-state index is 12.3. The van der Waals surface area contributed by atoms with E-state index in [9.17, 15) is 9.59 Å². The van der Waals surface area contributed by atoms with Crippen LogP contribution >= 0.6 is 11.8 Å². The molecule has 4 nitrogen and oxygen atoms in total. The first-order valence-corrected chi connectivity index (χ1v) is 9.59. The number of rotatable bonds is 6. The van der Waals surface area contributed by atoms with Crippen LogP contribution in [0.15, 0.2) is 35.2 Å². The second-order valence-corrected chi connectivity index (χ2v) is 7.21. The van der Waals surface area contributed by atoms with Gasteiger partial charge in [0.1, 0.15) is 0 Å². The number of aryl methyl sites for hydroxylation is 2. The summed E-state index contributed by atoms with van der Waals surface area (Å²) in [4.78, 5) is 25.1. The third-order valence-electron chi connectivity index (χ3n) is 4.32. The predicted octanol–water partition coefficient (Wildman–Crippen LogP) is 4.83. The Morgan fingerprint density at radius 2 is 1.58 bits per heavy atom. The first-order valence-electron chi connectivity index (χ1n) is 8.60. The Balaban J connectivity index is 1.99. The smallest absolute Gasteiger partial charge is 0.338 e. The fourth-order valence-electron chi connectivity index (χ4n) is 2.64. The van der Waals surface area contributed by atoms with Crippen molar-refractivity contribution in [2.24, 2.45) is 0 Å². The van der Waals surface area contributed by atoms with Gasteiger partial charge in [-0.15, -0.1) is 11.8 Å². The number of carbonyl (C=O) groups is 2. The highest BCUT2D eigenvalue weighted by Gasteiger charge is 2.12. The summed E-state index contributed by atoms with van der Waals surface area (Å²) in [5, 5.41) is 2.87. The Kier molecular flexibility index (Phi) is 6.86. The zero-order valence-electron chi connectivity index (χ0n) is 15.9. The van der Waals surface area contributed by atoms with E-state index in [0.717, 1.165) is 0 Å². The summed E-state index contributed by atoms with van der Waals surface area (Å²) in [7, 11) is 0. The summed E-state index contributed by atoms with van der Waals surface area (Å²) in [6, 6.07) is 8.90. The van der Waals surface area contributed by atoms with Crippen molar-refractivity contribution in [1.82, 2.24) is 0 Å². The zero-order valence-corrected chi connectivity index (χ0v) is 16.8. The number of ether oxygens (including phenoxy) is 1. The molecule has 2 aromatic carbocycles. The minimum absolute atomic E-state index is 0.0724. The van der Waals surface area contributed by atoms with E-state index in [1.54, 1.807) is 43.0 Å². The lowest BCUT2D eigenvalue weighted by Crippen LogP contribution is -2.14. The lowest BCUT2D eigenvalue weighted by molar-refractivity contribution is -0.113. The van der Waals surface area contributed by atoms with E-state index in [4.69, 9.17) is 4.74 Å². The molecule has 0 atom stereocenters. The first kappa shape index (κ1) is 20.0. The van der Waals surface area contributed by atoms with E-state index >= 15 is 0 Å². The van der Waals surface area contributed by atoms with E-state index < -0.39 is 0 Å². The van der Waals surface area contributed by atoms with Crippen LogP contribution in [0.1, 0.15) is 39.5 Å². The van der Waals surface area contributed by atoms with Crippen LogP contribution in [0.3, 0.4) is 0 Å². The molecule has 0 spiro atoms. The van der Waals surface area contributed by atoms with E-state index in [1.807, 2.05) is 0 Å². The number of thioether (sulfide) groups is 1. The number of amides is 1. The quantitative estimate of drug-likeness (QED) is 0.584. The fraction of sp³-hybridized carbons (Fsp3) is 0.333. The standard InChI is InChI=1S/C21H25NO3S/c1-6-25-21(24)17-7-9-18(10-8-17)22-19(23)12-26-20-15(4)13(2)11-14(3)16(20)5/h7-11H,6,12H2,1-5H3,(H,22,23). The molecule has 2 rings (SSSR count). The maximum Gasteiger partial charge on any atom is 0.338 e. The molecule has 0 aliphatic carbocycles. The molecule has 0 bridgehead atoms. The Morgan fingerprint density at radius 3 is 2.12 bits per heavy atom. The van der Waals surface area contributed by atoms with Gasteiger partial charge in [0.15, 0.2) is 0 Å². The summed E-state index contributed by atoms with van der Waals surface area (Å²) in [5.74, 6) is -0.0944. The minimum Gasteiger partial charge on any atom is -0.462 e. The average molecular weight is 372 g/mol. The lowest BCUT2D eigenvalue weighted by Gasteiger charge is -2.14. The summed E-state index contributed by atoms with van der Waals surface area (Å²) in [6.07, 6.45) is 0. The van der Waals surface area contributed by atoms with Gasteiger partial charge in [-0.3, -0.25) is 4.79 Å². The van der Waals surface area contributed by atoms with Gasteiger partial charge in [0.2, 0.25) is 5.91 Å². The van der Waals surface area contributed by atoms with Gasteiger partial charge >= 0.3 is 5.97 Å². The second kappa shape index (κ2) is 8.90. The van der Waals surface area contributed by atoms with Crippen molar-refractivity contribution in [2.75, 3.05) is 17.7 Å². The molecule has 138 valence electrons. The van der Waals surface area contributed by atoms with E-state index in [-0.39, 0.29) is 11.9 Å². The third-order valence-corrected chi connectivity index (χ3v) is 5.63. The third kappa shape index (κ3) is 4.88. The molecule has 0 heterocycles. The summed E-state index contributed by atoms with van der Waals surface area (Å²) < 4.78 is 4.95. The van der Waals surface area contributed by atoms with E-state index in [2.05, 4.69) is 39.1 Å². The van der Waals surface area contributed by atoms with Crippen LogP contribution in [0.5, 0.6) is 0 Å². The van der Waals surface area contributed by atoms with Crippen molar-refractivity contribution in [3.63, 3.8) is 0 Å². The van der Waals surface area contributed by atoms with Crippen LogP contribution in [0.2, 0.25) is 0 Å². The van der Waals surface area contributed by atoms with E-state index in [0.29, 0.717) is 23.6 Å². The first-order chi connectivity index (χ1) is 12.3. The van der Waals surface area contributed by atoms with Crippen molar-refractivity contribution >= 4 is 29.3 Å². The predicted molar refractivity (Wildman–Crippen MR) is 107 cm³/mol. The zero-order chi connectivity index (χ0) is 19.3. The molecular weight excluding hydrogens is 346 g/mol. The molecular formula is C21H25NO3S. The Bertz CT molecular complexity index is 787. The van der Waals surface area contributed by atoms with Crippen molar-refractivity contribution in [3.05, 3.63) is 58.1 Å². The highest BCUT2D eigenvalue weighted by atomic mass is 32.2. The molecule has 0 unspecified atom stereocenters. The molecule has 0 aliphatic heterocycles. The van der Waals surface area contributed by atoms with Crippen molar-refractivity contribution in [2.45, 2.75) is 39.5 Å². The molecule has 0 radical (unpaired) electrons. The molecule has 0 aliphatic rings. The van der Waals surface area contributed by atoms with Crippen LogP contribution in [-0.4, -0.2) is 24.2 Å². The fourth-order valence-corrected chi connectivity index (χ4v) is 3.74. The molecule has 0 saturated heterocycles. The van der Waals surface area contributed by atoms with Gasteiger partial charge in [-0.1, -0.05) is 6.07 Å². The van der Waals surface area contributed by atoms with Gasteiger partial charge < -0.3 is 10.1 Å². The number of hydrogen-bond donors (Lipinski definition) is 1. The monoisotopic (exact) mass is 371 g/mol. The van der Waals surface area contributed by atoms with Gasteiger partial charge in [0, 0.05) is 10.6 Å². The van der Waals surface area contributed by atoms with Gasteiger partial charge in [-0.2, -0.15) is 0 Å². The molecule has 26 heavy (non-hydrogen) atoms. The molecule has 2 aromatic rings. The summed E-state index contributed by atoms with van der Waals surface area (Å²) >= 11 is 1.56. The topological polar surface area (TPSA) is 55.4 Å². The summed E-state index contributed by atoms with van der Waals surface area (Å²) in [6.45, 7) is 10.5. The maximum atomic E-state index is 12.3. The molecule has 0 saturated carbocycles. The number of carbonyl (C=O) groups excluding carboxylic acids is 2. The van der Waals surface area contributed by atoms with Crippen molar-refractivity contribution in [1.29, 1.82) is 0 Å². The highest BCUT2D eigenvalue weighted by molar-refractivity contribution is 8.00. The van der Waals surface area contributed by atoms with Gasteiger partial charge in [0.25, 0.3) is 0 Å². The van der Waals surface area contributed by atoms with Crippen LogP contribution < -0.4 is 5.32 Å². The molecule has 5 heteroatoms. The average Bonchev–Trinajstić information content (AvgIpc) is 2.61. The minimum atomic E-state index is -0.360. The van der Waals surface area contributed by atoms with Gasteiger partial charge in [-0.25, -0.2) is 4.79 Å². The molecule has 0 aromatic heterocycles. The number of anilines is 1. The van der Waals surface area contributed by atoms with Gasteiger partial charge in [0.05, 0.1) is 17.9 Å². The second-order valence-electron chi connectivity index (χ2n) is 6.22. The number of esters is 1. The van der Waals surface area contributed by atoms with E-state index in [1.165, 1.54) is 27.1 Å². The van der Waals surface area contributed by atoms with Gasteiger partial charge in [-0.05, 0) is 81.1 Å². The lowest BCUT2D eigenvalue weighted by atomic mass is 10.0. The van der Waals surface area contributed by atoms with Crippen LogP contribution in [0, 0.1) is 27.7 Å². The Morgan fingerprint density at radius 1 is 1.00 bits per heavy atom. The molecule has 1 N–H and O–H groups in total. The number of benzene rings is 2. The van der Waals surface area contributed by atoms with Crippen molar-refractivity contribution in [3.8, 4) is 0 Å². The number of nitrogens with one attached hydrogen (secondary N) is 1.